The van der Waals surface area contributed by atoms with Gasteiger partial charge in [0.05, 0.1) is 5.57 Å². The first-order valence-corrected chi connectivity index (χ1v) is 9.27. The lowest BCUT2D eigenvalue weighted by molar-refractivity contribution is -0.114. The SMILES string of the molecule is CN(C)c1ccc(C=C2C(=O)N(c3ccccc3F)N=C2c2ccccc2)cc1. The standard InChI is InChI=1S/C24H20FN3O/c1-27(2)19-14-12-17(13-15-19)16-20-23(18-8-4-3-5-9-18)26-28(24(20)29)22-11-7-6-10-21(22)25/h3-16H,1-2H3. The van der Waals surface area contributed by atoms with Crippen molar-refractivity contribution in [3.8, 4) is 0 Å². The molecule has 144 valence electrons. The van der Waals surface area contributed by atoms with Crippen LogP contribution in [0.3, 0.4) is 0 Å². The van der Waals surface area contributed by atoms with E-state index in [1.165, 1.54) is 6.07 Å². The number of benzene rings is 3. The van der Waals surface area contributed by atoms with Gasteiger partial charge in [-0.25, -0.2) is 4.39 Å². The van der Waals surface area contributed by atoms with Gasteiger partial charge in [-0.15, -0.1) is 0 Å². The molecule has 5 heteroatoms. The van der Waals surface area contributed by atoms with Gasteiger partial charge in [-0.1, -0.05) is 54.6 Å². The summed E-state index contributed by atoms with van der Waals surface area (Å²) in [4.78, 5) is 15.2. The Morgan fingerprint density at radius 1 is 0.897 bits per heavy atom. The van der Waals surface area contributed by atoms with E-state index in [1.54, 1.807) is 24.3 Å². The summed E-state index contributed by atoms with van der Waals surface area (Å²) in [6, 6.07) is 23.5. The zero-order valence-corrected chi connectivity index (χ0v) is 16.2. The molecule has 0 aliphatic carbocycles. The number of carbonyl (C=O) groups is 1. The summed E-state index contributed by atoms with van der Waals surface area (Å²) >= 11 is 0. The van der Waals surface area contributed by atoms with Crippen LogP contribution in [0.1, 0.15) is 11.1 Å². The molecule has 0 radical (unpaired) electrons. The summed E-state index contributed by atoms with van der Waals surface area (Å²) in [5.74, 6) is -0.848. The van der Waals surface area contributed by atoms with Crippen molar-refractivity contribution < 1.29 is 9.18 Å². The van der Waals surface area contributed by atoms with E-state index in [1.807, 2.05) is 73.6 Å². The highest BCUT2D eigenvalue weighted by Gasteiger charge is 2.33. The Morgan fingerprint density at radius 2 is 1.55 bits per heavy atom. The van der Waals surface area contributed by atoms with Gasteiger partial charge in [0.25, 0.3) is 5.91 Å². The van der Waals surface area contributed by atoms with Gasteiger partial charge in [-0.3, -0.25) is 4.79 Å². The number of para-hydroxylation sites is 1. The molecule has 0 spiro atoms. The van der Waals surface area contributed by atoms with E-state index >= 15 is 0 Å². The first-order chi connectivity index (χ1) is 14.0. The number of nitrogens with zero attached hydrogens (tertiary/aromatic N) is 3. The van der Waals surface area contributed by atoms with Gasteiger partial charge in [-0.05, 0) is 35.9 Å². The minimum absolute atomic E-state index is 0.136. The van der Waals surface area contributed by atoms with E-state index < -0.39 is 5.82 Å². The van der Waals surface area contributed by atoms with E-state index in [-0.39, 0.29) is 11.6 Å². The highest BCUT2D eigenvalue weighted by atomic mass is 19.1. The normalized spacial score (nSPS) is 15.0. The summed E-state index contributed by atoms with van der Waals surface area (Å²) < 4.78 is 14.3. The molecular weight excluding hydrogens is 365 g/mol. The molecule has 3 aromatic rings. The molecule has 0 N–H and O–H groups in total. The van der Waals surface area contributed by atoms with Crippen LogP contribution >= 0.6 is 0 Å². The maximum Gasteiger partial charge on any atom is 0.281 e. The van der Waals surface area contributed by atoms with Crippen molar-refractivity contribution in [2.24, 2.45) is 5.10 Å². The van der Waals surface area contributed by atoms with Crippen LogP contribution in [-0.4, -0.2) is 25.7 Å². The summed E-state index contributed by atoms with van der Waals surface area (Å²) in [6.07, 6.45) is 1.80. The van der Waals surface area contributed by atoms with Gasteiger partial charge in [0.15, 0.2) is 0 Å². The van der Waals surface area contributed by atoms with Crippen LogP contribution in [0.25, 0.3) is 6.08 Å². The second-order valence-corrected chi connectivity index (χ2v) is 6.93. The molecule has 0 saturated heterocycles. The largest absolute Gasteiger partial charge is 0.378 e. The number of carbonyl (C=O) groups excluding carboxylic acids is 1. The van der Waals surface area contributed by atoms with Gasteiger partial charge >= 0.3 is 0 Å². The van der Waals surface area contributed by atoms with Crippen molar-refractivity contribution in [1.29, 1.82) is 0 Å². The number of hydrazone groups is 1. The summed E-state index contributed by atoms with van der Waals surface area (Å²) in [5.41, 5.74) is 3.83. The molecule has 4 nitrogen and oxygen atoms in total. The number of anilines is 2. The van der Waals surface area contributed by atoms with Crippen molar-refractivity contribution in [1.82, 2.24) is 0 Å². The lowest BCUT2D eigenvalue weighted by Gasteiger charge is -2.13. The van der Waals surface area contributed by atoms with Crippen LogP contribution in [0.4, 0.5) is 15.8 Å². The maximum absolute atomic E-state index is 14.3. The fraction of sp³-hybridized carbons (Fsp3) is 0.0833. The smallest absolute Gasteiger partial charge is 0.281 e. The molecule has 1 heterocycles. The van der Waals surface area contributed by atoms with Gasteiger partial charge in [0.2, 0.25) is 0 Å². The number of hydrogen-bond donors (Lipinski definition) is 0. The third-order valence-electron chi connectivity index (χ3n) is 4.73. The average molecular weight is 385 g/mol. The fourth-order valence-corrected chi connectivity index (χ4v) is 3.18. The molecule has 0 saturated carbocycles. The Bertz CT molecular complexity index is 1100. The number of hydrogen-bond acceptors (Lipinski definition) is 3. The molecule has 1 aliphatic heterocycles. The molecule has 0 bridgehead atoms. The van der Waals surface area contributed by atoms with Crippen LogP contribution in [0, 0.1) is 5.82 Å². The second-order valence-electron chi connectivity index (χ2n) is 6.93. The van der Waals surface area contributed by atoms with Crippen LogP contribution in [-0.2, 0) is 4.79 Å². The van der Waals surface area contributed by atoms with Crippen molar-refractivity contribution in [3.63, 3.8) is 0 Å². The Hall–Kier alpha value is -3.73. The predicted molar refractivity (Wildman–Crippen MR) is 116 cm³/mol. The van der Waals surface area contributed by atoms with Crippen LogP contribution in [0.15, 0.2) is 89.5 Å². The summed E-state index contributed by atoms with van der Waals surface area (Å²) in [5, 5.41) is 5.61. The predicted octanol–water partition coefficient (Wildman–Crippen LogP) is 4.73. The first-order valence-electron chi connectivity index (χ1n) is 9.27. The molecular formula is C24H20FN3O. The minimum atomic E-state index is -0.492. The molecule has 29 heavy (non-hydrogen) atoms. The first kappa shape index (κ1) is 18.6. The third-order valence-corrected chi connectivity index (χ3v) is 4.73. The highest BCUT2D eigenvalue weighted by molar-refractivity contribution is 6.37. The van der Waals surface area contributed by atoms with Crippen molar-refractivity contribution >= 4 is 29.1 Å². The van der Waals surface area contributed by atoms with Gasteiger partial charge in [0, 0.05) is 25.3 Å². The molecule has 1 aliphatic rings. The Morgan fingerprint density at radius 3 is 2.21 bits per heavy atom. The van der Waals surface area contributed by atoms with Gasteiger partial charge in [0.1, 0.15) is 17.2 Å². The molecule has 0 unspecified atom stereocenters. The summed E-state index contributed by atoms with van der Waals surface area (Å²) in [7, 11) is 3.95. The monoisotopic (exact) mass is 385 g/mol. The molecule has 0 aromatic heterocycles. The highest BCUT2D eigenvalue weighted by Crippen LogP contribution is 2.29. The average Bonchev–Trinajstić information content (AvgIpc) is 3.05. The van der Waals surface area contributed by atoms with Crippen LogP contribution < -0.4 is 9.91 Å². The van der Waals surface area contributed by atoms with Crippen molar-refractivity contribution in [2.75, 3.05) is 24.0 Å². The Kier molecular flexibility index (Phi) is 4.96. The maximum atomic E-state index is 14.3. The third kappa shape index (κ3) is 3.67. The fourth-order valence-electron chi connectivity index (χ4n) is 3.18. The lowest BCUT2D eigenvalue weighted by atomic mass is 10.00. The Labute approximate surface area is 169 Å². The quantitative estimate of drug-likeness (QED) is 0.609. The van der Waals surface area contributed by atoms with E-state index in [2.05, 4.69) is 5.10 Å². The minimum Gasteiger partial charge on any atom is -0.378 e. The topological polar surface area (TPSA) is 35.9 Å². The Balaban J connectivity index is 1.80. The summed E-state index contributed by atoms with van der Waals surface area (Å²) in [6.45, 7) is 0. The number of halogens is 1. The van der Waals surface area contributed by atoms with E-state index in [9.17, 15) is 9.18 Å². The number of amides is 1. The number of rotatable bonds is 4. The lowest BCUT2D eigenvalue weighted by Crippen LogP contribution is -2.22. The zero-order chi connectivity index (χ0) is 20.4. The van der Waals surface area contributed by atoms with Crippen molar-refractivity contribution in [3.05, 3.63) is 101 Å². The van der Waals surface area contributed by atoms with E-state index in [0.717, 1.165) is 21.8 Å². The van der Waals surface area contributed by atoms with Gasteiger partial charge < -0.3 is 4.90 Å². The van der Waals surface area contributed by atoms with E-state index in [0.29, 0.717) is 11.3 Å². The molecule has 3 aromatic carbocycles. The van der Waals surface area contributed by atoms with Crippen LogP contribution in [0.5, 0.6) is 0 Å². The second kappa shape index (κ2) is 7.72. The molecule has 1 amide bonds. The molecule has 0 fully saturated rings. The van der Waals surface area contributed by atoms with Crippen LogP contribution in [0.2, 0.25) is 0 Å². The van der Waals surface area contributed by atoms with Gasteiger partial charge in [-0.2, -0.15) is 10.1 Å². The molecule has 4 rings (SSSR count). The van der Waals surface area contributed by atoms with Crippen molar-refractivity contribution in [2.45, 2.75) is 0 Å². The zero-order valence-electron chi connectivity index (χ0n) is 16.2. The molecule has 0 atom stereocenters. The van der Waals surface area contributed by atoms with E-state index in [4.69, 9.17) is 0 Å².